The summed E-state index contributed by atoms with van der Waals surface area (Å²) in [7, 11) is 0. The van der Waals surface area contributed by atoms with Gasteiger partial charge in [-0.25, -0.2) is 9.78 Å². The second kappa shape index (κ2) is 6.81. The Balaban J connectivity index is 1.92. The summed E-state index contributed by atoms with van der Waals surface area (Å²) in [5.74, 6) is -0.154. The van der Waals surface area contributed by atoms with Crippen LogP contribution in [0.25, 0.3) is 5.65 Å². The number of aromatic nitrogens is 2. The minimum atomic E-state index is -0.518. The average Bonchev–Trinajstić information content (AvgIpc) is 2.95. The number of amides is 1. The van der Waals surface area contributed by atoms with Gasteiger partial charge in [0, 0.05) is 12.1 Å². The first-order chi connectivity index (χ1) is 11.2. The highest BCUT2D eigenvalue weighted by molar-refractivity contribution is 6.00. The number of ether oxygens (including phenoxy) is 1. The molecule has 6 heteroatoms. The van der Waals surface area contributed by atoms with E-state index in [1.165, 1.54) is 6.42 Å². The van der Waals surface area contributed by atoms with E-state index in [1.807, 2.05) is 12.1 Å². The lowest BCUT2D eigenvalue weighted by atomic mass is 9.89. The molecule has 2 aromatic heterocycles. The van der Waals surface area contributed by atoms with Crippen LogP contribution in [0, 0.1) is 5.92 Å². The molecule has 122 valence electrons. The molecule has 6 nitrogen and oxygen atoms in total. The van der Waals surface area contributed by atoms with Crippen molar-refractivity contribution in [1.82, 2.24) is 9.38 Å². The Morgan fingerprint density at radius 2 is 2.09 bits per heavy atom. The SMILES string of the molecule is CCOC(=O)c1nc2ccccn2c1NC(=O)C1CCCCC1. The summed E-state index contributed by atoms with van der Waals surface area (Å²) < 4.78 is 6.77. The third kappa shape index (κ3) is 3.21. The summed E-state index contributed by atoms with van der Waals surface area (Å²) in [6, 6.07) is 5.46. The highest BCUT2D eigenvalue weighted by Gasteiger charge is 2.26. The van der Waals surface area contributed by atoms with E-state index in [0.717, 1.165) is 25.7 Å². The van der Waals surface area contributed by atoms with E-state index < -0.39 is 5.97 Å². The van der Waals surface area contributed by atoms with Crippen LogP contribution in [0.3, 0.4) is 0 Å². The molecule has 0 spiro atoms. The fourth-order valence-corrected chi connectivity index (χ4v) is 3.04. The Labute approximate surface area is 134 Å². The molecule has 0 saturated heterocycles. The van der Waals surface area contributed by atoms with Gasteiger partial charge < -0.3 is 10.1 Å². The van der Waals surface area contributed by atoms with Crippen LogP contribution in [0.1, 0.15) is 49.5 Å². The number of anilines is 1. The van der Waals surface area contributed by atoms with Gasteiger partial charge in [-0.1, -0.05) is 25.3 Å². The predicted molar refractivity (Wildman–Crippen MR) is 86.4 cm³/mol. The molecule has 0 radical (unpaired) electrons. The van der Waals surface area contributed by atoms with Crippen LogP contribution < -0.4 is 5.32 Å². The number of rotatable bonds is 4. The number of hydrogen-bond donors (Lipinski definition) is 1. The van der Waals surface area contributed by atoms with E-state index in [1.54, 1.807) is 23.6 Å². The Morgan fingerprint density at radius 1 is 1.30 bits per heavy atom. The van der Waals surface area contributed by atoms with Crippen LogP contribution in [0.2, 0.25) is 0 Å². The van der Waals surface area contributed by atoms with Gasteiger partial charge in [0.2, 0.25) is 5.91 Å². The Bertz CT molecular complexity index is 717. The molecule has 0 aliphatic heterocycles. The number of imidazole rings is 1. The van der Waals surface area contributed by atoms with Crippen LogP contribution in [0.15, 0.2) is 24.4 Å². The first kappa shape index (κ1) is 15.5. The maximum absolute atomic E-state index is 12.5. The standard InChI is InChI=1S/C17H21N3O3/c1-2-23-17(22)14-15(20-11-7-6-10-13(20)18-14)19-16(21)12-8-4-3-5-9-12/h6-7,10-12H,2-5,8-9H2,1H3,(H,19,21). The average molecular weight is 315 g/mol. The maximum Gasteiger partial charge on any atom is 0.360 e. The number of carbonyl (C=O) groups is 2. The topological polar surface area (TPSA) is 72.7 Å². The summed E-state index contributed by atoms with van der Waals surface area (Å²) in [6.07, 6.45) is 6.93. The smallest absolute Gasteiger partial charge is 0.360 e. The van der Waals surface area contributed by atoms with Crippen LogP contribution in [-0.2, 0) is 9.53 Å². The fraction of sp³-hybridized carbons (Fsp3) is 0.471. The predicted octanol–water partition coefficient (Wildman–Crippen LogP) is 3.03. The largest absolute Gasteiger partial charge is 0.461 e. The molecule has 0 aromatic carbocycles. The van der Waals surface area contributed by atoms with Gasteiger partial charge in [-0.05, 0) is 31.9 Å². The molecule has 1 N–H and O–H groups in total. The van der Waals surface area contributed by atoms with E-state index in [2.05, 4.69) is 10.3 Å². The zero-order valence-electron chi connectivity index (χ0n) is 13.2. The van der Waals surface area contributed by atoms with Crippen LogP contribution in [0.4, 0.5) is 5.82 Å². The molecule has 0 bridgehead atoms. The van der Waals surface area contributed by atoms with Crippen molar-refractivity contribution in [3.8, 4) is 0 Å². The van der Waals surface area contributed by atoms with Gasteiger partial charge in [-0.15, -0.1) is 0 Å². The lowest BCUT2D eigenvalue weighted by molar-refractivity contribution is -0.120. The van der Waals surface area contributed by atoms with Crippen molar-refractivity contribution >= 4 is 23.3 Å². The molecule has 1 aliphatic rings. The fourth-order valence-electron chi connectivity index (χ4n) is 3.04. The van der Waals surface area contributed by atoms with Crippen molar-refractivity contribution in [2.24, 2.45) is 5.92 Å². The van der Waals surface area contributed by atoms with Crippen molar-refractivity contribution < 1.29 is 14.3 Å². The molecule has 1 aliphatic carbocycles. The number of pyridine rings is 1. The molecular weight excluding hydrogens is 294 g/mol. The second-order valence-corrected chi connectivity index (χ2v) is 5.78. The van der Waals surface area contributed by atoms with Crippen LogP contribution >= 0.6 is 0 Å². The van der Waals surface area contributed by atoms with Crippen LogP contribution in [0.5, 0.6) is 0 Å². The van der Waals surface area contributed by atoms with Crippen LogP contribution in [-0.4, -0.2) is 27.9 Å². The summed E-state index contributed by atoms with van der Waals surface area (Å²) in [4.78, 5) is 29.0. The Morgan fingerprint density at radius 3 is 2.83 bits per heavy atom. The van der Waals surface area contributed by atoms with Crippen molar-refractivity contribution in [2.45, 2.75) is 39.0 Å². The van der Waals surface area contributed by atoms with Gasteiger partial charge in [0.1, 0.15) is 5.65 Å². The summed E-state index contributed by atoms with van der Waals surface area (Å²) in [6.45, 7) is 2.01. The maximum atomic E-state index is 12.5. The Kier molecular flexibility index (Phi) is 4.60. The number of nitrogens with zero attached hydrogens (tertiary/aromatic N) is 2. The molecule has 3 rings (SSSR count). The van der Waals surface area contributed by atoms with Gasteiger partial charge >= 0.3 is 5.97 Å². The normalized spacial score (nSPS) is 15.5. The van der Waals surface area contributed by atoms with Crippen molar-refractivity contribution in [3.63, 3.8) is 0 Å². The highest BCUT2D eigenvalue weighted by atomic mass is 16.5. The molecule has 2 aromatic rings. The number of hydrogen-bond acceptors (Lipinski definition) is 4. The highest BCUT2D eigenvalue weighted by Crippen LogP contribution is 2.26. The van der Waals surface area contributed by atoms with Gasteiger partial charge in [-0.2, -0.15) is 0 Å². The molecule has 2 heterocycles. The zero-order chi connectivity index (χ0) is 16.2. The van der Waals surface area contributed by atoms with Crippen molar-refractivity contribution in [1.29, 1.82) is 0 Å². The van der Waals surface area contributed by atoms with Gasteiger partial charge in [0.25, 0.3) is 0 Å². The number of carbonyl (C=O) groups excluding carboxylic acids is 2. The van der Waals surface area contributed by atoms with Gasteiger partial charge in [0.05, 0.1) is 6.61 Å². The first-order valence-electron chi connectivity index (χ1n) is 8.15. The summed E-state index contributed by atoms with van der Waals surface area (Å²) in [5, 5.41) is 2.90. The van der Waals surface area contributed by atoms with E-state index in [4.69, 9.17) is 4.74 Å². The second-order valence-electron chi connectivity index (χ2n) is 5.78. The van der Waals surface area contributed by atoms with Crippen molar-refractivity contribution in [2.75, 3.05) is 11.9 Å². The van der Waals surface area contributed by atoms with E-state index in [9.17, 15) is 9.59 Å². The monoisotopic (exact) mass is 315 g/mol. The van der Waals surface area contributed by atoms with Gasteiger partial charge in [-0.3, -0.25) is 9.20 Å². The molecule has 23 heavy (non-hydrogen) atoms. The number of esters is 1. The van der Waals surface area contributed by atoms with Gasteiger partial charge in [0.15, 0.2) is 11.5 Å². The van der Waals surface area contributed by atoms with E-state index >= 15 is 0 Å². The third-order valence-corrected chi connectivity index (χ3v) is 4.22. The zero-order valence-corrected chi connectivity index (χ0v) is 13.2. The summed E-state index contributed by atoms with van der Waals surface area (Å²) >= 11 is 0. The minimum absolute atomic E-state index is 0.00746. The number of nitrogens with one attached hydrogen (secondary N) is 1. The van der Waals surface area contributed by atoms with Crippen molar-refractivity contribution in [3.05, 3.63) is 30.1 Å². The molecule has 1 saturated carbocycles. The Hall–Kier alpha value is -2.37. The lowest BCUT2D eigenvalue weighted by Crippen LogP contribution is -2.26. The summed E-state index contributed by atoms with van der Waals surface area (Å²) in [5.41, 5.74) is 0.761. The lowest BCUT2D eigenvalue weighted by Gasteiger charge is -2.20. The molecule has 0 unspecified atom stereocenters. The third-order valence-electron chi connectivity index (χ3n) is 4.22. The van der Waals surface area contributed by atoms with E-state index in [-0.39, 0.29) is 24.1 Å². The number of fused-ring (bicyclic) bond motifs is 1. The molecule has 0 atom stereocenters. The molecule has 1 amide bonds. The van der Waals surface area contributed by atoms with E-state index in [0.29, 0.717) is 11.5 Å². The first-order valence-corrected chi connectivity index (χ1v) is 8.15. The minimum Gasteiger partial charge on any atom is -0.461 e. The quantitative estimate of drug-likeness (QED) is 0.880. The molecular formula is C17H21N3O3. The molecule has 1 fully saturated rings.